The summed E-state index contributed by atoms with van der Waals surface area (Å²) in [7, 11) is 4.56. The first-order chi connectivity index (χ1) is 15.8. The number of carbonyl (C=O) groups is 1. The molecule has 1 aromatic carbocycles. The number of pyridine rings is 1. The summed E-state index contributed by atoms with van der Waals surface area (Å²) in [5.74, 6) is 0.569. The lowest BCUT2D eigenvalue weighted by atomic mass is 9.92. The molecule has 0 saturated carbocycles. The molecule has 1 saturated heterocycles. The third-order valence-electron chi connectivity index (χ3n) is 6.27. The van der Waals surface area contributed by atoms with Gasteiger partial charge in [-0.2, -0.15) is 0 Å². The number of benzene rings is 1. The molecule has 0 N–H and O–H groups in total. The zero-order chi connectivity index (χ0) is 23.7. The van der Waals surface area contributed by atoms with Crippen LogP contribution in [0.15, 0.2) is 52.1 Å². The molecule has 0 aliphatic carbocycles. The number of ether oxygens (including phenoxy) is 1. The maximum absolute atomic E-state index is 13.2. The van der Waals surface area contributed by atoms with Crippen LogP contribution in [0.4, 0.5) is 0 Å². The average Bonchev–Trinajstić information content (AvgIpc) is 2.84. The van der Waals surface area contributed by atoms with Crippen molar-refractivity contribution in [3.63, 3.8) is 0 Å². The van der Waals surface area contributed by atoms with Gasteiger partial charge < -0.3 is 9.64 Å². The predicted molar refractivity (Wildman–Crippen MR) is 126 cm³/mol. The number of hydrogen-bond donors (Lipinski definition) is 0. The van der Waals surface area contributed by atoms with Crippen molar-refractivity contribution >= 4 is 5.91 Å². The van der Waals surface area contributed by atoms with Crippen molar-refractivity contribution in [1.82, 2.24) is 19.0 Å². The first-order valence-corrected chi connectivity index (χ1v) is 11.0. The van der Waals surface area contributed by atoms with E-state index < -0.39 is 11.2 Å². The summed E-state index contributed by atoms with van der Waals surface area (Å²) in [6, 6.07) is 13.3. The van der Waals surface area contributed by atoms with Crippen LogP contribution < -0.4 is 16.0 Å². The number of aromatic nitrogens is 3. The van der Waals surface area contributed by atoms with E-state index in [4.69, 9.17) is 9.72 Å². The molecule has 1 fully saturated rings. The van der Waals surface area contributed by atoms with Crippen LogP contribution in [0.3, 0.4) is 0 Å². The average molecular weight is 449 g/mol. The van der Waals surface area contributed by atoms with Crippen LogP contribution in [0.1, 0.15) is 40.6 Å². The van der Waals surface area contributed by atoms with Crippen LogP contribution in [0.25, 0.3) is 11.1 Å². The third kappa shape index (κ3) is 4.46. The Labute approximate surface area is 192 Å². The first-order valence-electron chi connectivity index (χ1n) is 11.0. The van der Waals surface area contributed by atoms with Gasteiger partial charge in [-0.1, -0.05) is 12.1 Å². The minimum atomic E-state index is -0.510. The standard InChI is InChI=1S/C25H28N4O4/c1-16-12-19(17-7-9-20(33-4)10-8-17)13-21(26-16)18-6-5-11-29(15-18)24(31)22-14-23(30)28(3)25(32)27(22)2/h7-10,12-14,18H,5-6,11,15H2,1-4H3/t18-/m0/s1. The Hall–Kier alpha value is -3.68. The second kappa shape index (κ2) is 9.05. The van der Waals surface area contributed by atoms with E-state index in [9.17, 15) is 14.4 Å². The van der Waals surface area contributed by atoms with Gasteiger partial charge in [-0.3, -0.25) is 23.7 Å². The second-order valence-corrected chi connectivity index (χ2v) is 8.51. The zero-order valence-electron chi connectivity index (χ0n) is 19.4. The highest BCUT2D eigenvalue weighted by atomic mass is 16.5. The predicted octanol–water partition coefficient (Wildman–Crippen LogP) is 2.48. The summed E-state index contributed by atoms with van der Waals surface area (Å²) in [5, 5.41) is 0. The molecular weight excluding hydrogens is 420 g/mol. The SMILES string of the molecule is COc1ccc(-c2cc(C)nc([C@H]3CCCN(C(=O)c4cc(=O)n(C)c(=O)n4C)C3)c2)cc1. The molecule has 0 spiro atoms. The van der Waals surface area contributed by atoms with E-state index in [1.807, 2.05) is 37.3 Å². The number of hydrogen-bond acceptors (Lipinski definition) is 5. The van der Waals surface area contributed by atoms with Crippen molar-refractivity contribution in [2.45, 2.75) is 25.7 Å². The number of piperidine rings is 1. The van der Waals surface area contributed by atoms with Gasteiger partial charge in [0.1, 0.15) is 11.4 Å². The molecule has 1 aliphatic heterocycles. The molecular formula is C25H28N4O4. The molecule has 3 heterocycles. The summed E-state index contributed by atoms with van der Waals surface area (Å²) in [6.07, 6.45) is 1.74. The van der Waals surface area contributed by atoms with Gasteiger partial charge in [-0.05, 0) is 55.2 Å². The number of nitrogens with zero attached hydrogens (tertiary/aromatic N) is 4. The van der Waals surface area contributed by atoms with Gasteiger partial charge in [0, 0.05) is 50.6 Å². The van der Waals surface area contributed by atoms with Crippen molar-refractivity contribution in [3.05, 3.63) is 80.4 Å². The fourth-order valence-corrected chi connectivity index (χ4v) is 4.36. The molecule has 1 amide bonds. The highest BCUT2D eigenvalue weighted by Crippen LogP contribution is 2.30. The number of amides is 1. The Morgan fingerprint density at radius 1 is 1.03 bits per heavy atom. The maximum atomic E-state index is 13.2. The van der Waals surface area contributed by atoms with Crippen molar-refractivity contribution in [3.8, 4) is 16.9 Å². The Morgan fingerprint density at radius 3 is 2.45 bits per heavy atom. The third-order valence-corrected chi connectivity index (χ3v) is 6.27. The fraction of sp³-hybridized carbons (Fsp3) is 0.360. The molecule has 8 nitrogen and oxygen atoms in total. The molecule has 33 heavy (non-hydrogen) atoms. The van der Waals surface area contributed by atoms with Crippen LogP contribution in [-0.4, -0.2) is 45.1 Å². The van der Waals surface area contributed by atoms with E-state index in [0.717, 1.165) is 45.7 Å². The van der Waals surface area contributed by atoms with Crippen molar-refractivity contribution in [1.29, 1.82) is 0 Å². The molecule has 4 rings (SSSR count). The summed E-state index contributed by atoms with van der Waals surface area (Å²) >= 11 is 0. The van der Waals surface area contributed by atoms with E-state index >= 15 is 0 Å². The molecule has 8 heteroatoms. The minimum Gasteiger partial charge on any atom is -0.497 e. The topological polar surface area (TPSA) is 86.4 Å². The molecule has 1 atom stereocenters. The summed E-state index contributed by atoms with van der Waals surface area (Å²) in [6.45, 7) is 3.04. The van der Waals surface area contributed by atoms with Gasteiger partial charge in [-0.25, -0.2) is 4.79 Å². The Morgan fingerprint density at radius 2 is 1.76 bits per heavy atom. The summed E-state index contributed by atoms with van der Waals surface area (Å²) in [5.41, 5.74) is 3.11. The number of likely N-dealkylation sites (tertiary alicyclic amines) is 1. The van der Waals surface area contributed by atoms with E-state index in [1.165, 1.54) is 24.7 Å². The Bertz CT molecular complexity index is 1310. The van der Waals surface area contributed by atoms with E-state index in [0.29, 0.717) is 13.1 Å². The van der Waals surface area contributed by atoms with Gasteiger partial charge in [0.15, 0.2) is 0 Å². The number of carbonyl (C=O) groups excluding carboxylic acids is 1. The molecule has 2 aromatic heterocycles. The van der Waals surface area contributed by atoms with Gasteiger partial charge in [-0.15, -0.1) is 0 Å². The van der Waals surface area contributed by atoms with Crippen molar-refractivity contribution in [2.75, 3.05) is 20.2 Å². The Balaban J connectivity index is 1.61. The second-order valence-electron chi connectivity index (χ2n) is 8.51. The van der Waals surface area contributed by atoms with Crippen LogP contribution in [0, 0.1) is 6.92 Å². The van der Waals surface area contributed by atoms with Crippen molar-refractivity contribution < 1.29 is 9.53 Å². The van der Waals surface area contributed by atoms with Gasteiger partial charge in [0.25, 0.3) is 11.5 Å². The molecule has 3 aromatic rings. The number of aryl methyl sites for hydroxylation is 1. The van der Waals surface area contributed by atoms with Crippen LogP contribution in [0.2, 0.25) is 0 Å². The lowest BCUT2D eigenvalue weighted by molar-refractivity contribution is 0.0693. The van der Waals surface area contributed by atoms with Gasteiger partial charge >= 0.3 is 5.69 Å². The van der Waals surface area contributed by atoms with Crippen LogP contribution >= 0.6 is 0 Å². The van der Waals surface area contributed by atoms with E-state index in [1.54, 1.807) is 12.0 Å². The van der Waals surface area contributed by atoms with E-state index in [-0.39, 0.29) is 17.5 Å². The quantitative estimate of drug-likeness (QED) is 0.612. The minimum absolute atomic E-state index is 0.0724. The van der Waals surface area contributed by atoms with Crippen LogP contribution in [-0.2, 0) is 14.1 Å². The lowest BCUT2D eigenvalue weighted by Gasteiger charge is -2.33. The highest BCUT2D eigenvalue weighted by Gasteiger charge is 2.28. The fourth-order valence-electron chi connectivity index (χ4n) is 4.36. The summed E-state index contributed by atoms with van der Waals surface area (Å²) in [4.78, 5) is 44.1. The largest absolute Gasteiger partial charge is 0.497 e. The van der Waals surface area contributed by atoms with Gasteiger partial charge in [0.05, 0.1) is 7.11 Å². The smallest absolute Gasteiger partial charge is 0.331 e. The first kappa shape index (κ1) is 22.5. The molecule has 0 unspecified atom stereocenters. The van der Waals surface area contributed by atoms with Crippen LogP contribution in [0.5, 0.6) is 5.75 Å². The summed E-state index contributed by atoms with van der Waals surface area (Å²) < 4.78 is 7.49. The lowest BCUT2D eigenvalue weighted by Crippen LogP contribution is -2.44. The van der Waals surface area contributed by atoms with Gasteiger partial charge in [0.2, 0.25) is 0 Å². The highest BCUT2D eigenvalue weighted by molar-refractivity contribution is 5.92. The van der Waals surface area contributed by atoms with Crippen molar-refractivity contribution in [2.24, 2.45) is 14.1 Å². The number of methoxy groups -OCH3 is 1. The Kier molecular flexibility index (Phi) is 6.18. The van der Waals surface area contributed by atoms with E-state index in [2.05, 4.69) is 6.07 Å². The molecule has 172 valence electrons. The molecule has 1 aliphatic rings. The molecule has 0 radical (unpaired) electrons. The maximum Gasteiger partial charge on any atom is 0.331 e. The number of rotatable bonds is 4. The molecule has 0 bridgehead atoms. The monoisotopic (exact) mass is 448 g/mol. The zero-order valence-corrected chi connectivity index (χ0v) is 19.4. The normalized spacial score (nSPS) is 16.0.